The molecule has 0 saturated heterocycles. The van der Waals surface area contributed by atoms with E-state index in [1.807, 2.05) is 24.3 Å². The highest BCUT2D eigenvalue weighted by Gasteiger charge is 2.40. The molecule has 0 spiro atoms. The Bertz CT molecular complexity index is 993. The molecule has 7 nitrogen and oxygen atoms in total. The number of Topliss-reactive ketones (excluding diaryl/α,β-unsaturated/α-hetero) is 1. The Balaban J connectivity index is 1.60. The summed E-state index contributed by atoms with van der Waals surface area (Å²) in [5.41, 5.74) is 4.65. The molecule has 1 aliphatic heterocycles. The quantitative estimate of drug-likeness (QED) is 0.665. The van der Waals surface area contributed by atoms with Crippen LogP contribution in [0.4, 0.5) is 11.4 Å². The number of allylic oxidation sites excluding steroid dienone is 1. The van der Waals surface area contributed by atoms with Crippen LogP contribution < -0.4 is 15.5 Å². The number of benzene rings is 1. The van der Waals surface area contributed by atoms with Crippen molar-refractivity contribution in [1.29, 1.82) is 0 Å². The van der Waals surface area contributed by atoms with Gasteiger partial charge in [0.25, 0.3) is 0 Å². The molecule has 0 unspecified atom stereocenters. The van der Waals surface area contributed by atoms with Crippen molar-refractivity contribution in [3.63, 3.8) is 0 Å². The zero-order chi connectivity index (χ0) is 22.0. The Hall–Kier alpha value is -3.09. The van der Waals surface area contributed by atoms with Gasteiger partial charge in [0.1, 0.15) is 0 Å². The zero-order valence-corrected chi connectivity index (χ0v) is 18.5. The number of carbonyl (C=O) groups excluding carboxylic acids is 2. The SMILES string of the molecule is CC[C@H]1C2=C(CC(C)(C)CC2=O)Nc2ccccc2N1CC(=O)NCCc1cnc[nH]1. The van der Waals surface area contributed by atoms with Gasteiger partial charge in [0.2, 0.25) is 5.91 Å². The number of fused-ring (bicyclic) bond motifs is 1. The first-order valence-corrected chi connectivity index (χ1v) is 11.0. The molecule has 4 rings (SSSR count). The number of carbonyl (C=O) groups is 2. The first-order valence-electron chi connectivity index (χ1n) is 11.0. The normalized spacial score (nSPS) is 19.9. The van der Waals surface area contributed by atoms with Gasteiger partial charge in [-0.1, -0.05) is 32.9 Å². The maximum Gasteiger partial charge on any atom is 0.239 e. The lowest BCUT2D eigenvalue weighted by molar-refractivity contribution is -0.120. The van der Waals surface area contributed by atoms with Crippen molar-refractivity contribution < 1.29 is 9.59 Å². The van der Waals surface area contributed by atoms with Crippen LogP contribution in [0.5, 0.6) is 0 Å². The molecule has 1 atom stereocenters. The highest BCUT2D eigenvalue weighted by atomic mass is 16.2. The molecule has 0 fully saturated rings. The number of hydrogen-bond acceptors (Lipinski definition) is 5. The molecular formula is C24H31N5O2. The van der Waals surface area contributed by atoms with Gasteiger partial charge in [0.05, 0.1) is 30.3 Å². The summed E-state index contributed by atoms with van der Waals surface area (Å²) in [6.45, 7) is 7.09. The first kappa shape index (κ1) is 21.2. The molecule has 7 heteroatoms. The number of ketones is 1. The van der Waals surface area contributed by atoms with Gasteiger partial charge in [-0.3, -0.25) is 9.59 Å². The van der Waals surface area contributed by atoms with Crippen LogP contribution in [0.2, 0.25) is 0 Å². The fourth-order valence-electron chi connectivity index (χ4n) is 4.74. The number of aromatic amines is 1. The molecule has 1 aromatic heterocycles. The smallest absolute Gasteiger partial charge is 0.239 e. The Morgan fingerprint density at radius 2 is 2.10 bits per heavy atom. The van der Waals surface area contributed by atoms with Crippen LogP contribution in [0.3, 0.4) is 0 Å². The fraction of sp³-hybridized carbons (Fsp3) is 0.458. The van der Waals surface area contributed by atoms with Crippen LogP contribution in [0.1, 0.15) is 45.7 Å². The summed E-state index contributed by atoms with van der Waals surface area (Å²) in [5.74, 6) is 0.128. The van der Waals surface area contributed by atoms with Crippen LogP contribution in [0.15, 0.2) is 48.1 Å². The van der Waals surface area contributed by atoms with E-state index in [0.717, 1.165) is 41.2 Å². The molecule has 3 N–H and O–H groups in total. The Labute approximate surface area is 183 Å². The van der Waals surface area contributed by atoms with Gasteiger partial charge in [0, 0.05) is 42.5 Å². The third kappa shape index (κ3) is 4.50. The lowest BCUT2D eigenvalue weighted by atomic mass is 9.74. The van der Waals surface area contributed by atoms with E-state index in [0.29, 0.717) is 19.4 Å². The molecule has 164 valence electrons. The van der Waals surface area contributed by atoms with Crippen molar-refractivity contribution in [1.82, 2.24) is 15.3 Å². The first-order chi connectivity index (χ1) is 14.9. The largest absolute Gasteiger partial charge is 0.357 e. The number of nitrogens with zero attached hydrogens (tertiary/aromatic N) is 2. The van der Waals surface area contributed by atoms with E-state index in [-0.39, 0.29) is 29.7 Å². The number of nitrogens with one attached hydrogen (secondary N) is 3. The van der Waals surface area contributed by atoms with Crippen molar-refractivity contribution in [2.24, 2.45) is 5.41 Å². The molecule has 2 aliphatic rings. The lowest BCUT2D eigenvalue weighted by Gasteiger charge is -2.37. The number of aromatic nitrogens is 2. The van der Waals surface area contributed by atoms with Crippen molar-refractivity contribution >= 4 is 23.1 Å². The molecule has 0 bridgehead atoms. The maximum absolute atomic E-state index is 13.2. The second-order valence-electron chi connectivity index (χ2n) is 9.20. The third-order valence-corrected chi connectivity index (χ3v) is 6.10. The Morgan fingerprint density at radius 3 is 2.84 bits per heavy atom. The van der Waals surface area contributed by atoms with Gasteiger partial charge in [0.15, 0.2) is 5.78 Å². The number of anilines is 2. The molecule has 0 saturated carbocycles. The van der Waals surface area contributed by atoms with Gasteiger partial charge < -0.3 is 20.5 Å². The van der Waals surface area contributed by atoms with E-state index in [1.54, 1.807) is 12.5 Å². The van der Waals surface area contributed by atoms with E-state index in [4.69, 9.17) is 0 Å². The van der Waals surface area contributed by atoms with Crippen LogP contribution >= 0.6 is 0 Å². The number of H-pyrrole nitrogens is 1. The summed E-state index contributed by atoms with van der Waals surface area (Å²) in [7, 11) is 0. The van der Waals surface area contributed by atoms with E-state index in [2.05, 4.69) is 46.3 Å². The summed E-state index contributed by atoms with van der Waals surface area (Å²) in [4.78, 5) is 35.2. The average Bonchev–Trinajstić information content (AvgIpc) is 3.18. The minimum absolute atomic E-state index is 0.0552. The van der Waals surface area contributed by atoms with E-state index >= 15 is 0 Å². The van der Waals surface area contributed by atoms with E-state index in [1.165, 1.54) is 0 Å². The Kier molecular flexibility index (Phi) is 5.85. The molecular weight excluding hydrogens is 390 g/mol. The minimum atomic E-state index is -0.131. The number of para-hydroxylation sites is 2. The summed E-state index contributed by atoms with van der Waals surface area (Å²) >= 11 is 0. The van der Waals surface area contributed by atoms with Gasteiger partial charge in [-0.05, 0) is 30.4 Å². The number of rotatable bonds is 6. The molecule has 0 radical (unpaired) electrons. The lowest BCUT2D eigenvalue weighted by Crippen LogP contribution is -2.46. The second-order valence-corrected chi connectivity index (χ2v) is 9.20. The summed E-state index contributed by atoms with van der Waals surface area (Å²) < 4.78 is 0. The van der Waals surface area contributed by atoms with Crippen molar-refractivity contribution in [2.75, 3.05) is 23.3 Å². The second kappa shape index (κ2) is 8.57. The van der Waals surface area contributed by atoms with Crippen LogP contribution in [-0.2, 0) is 16.0 Å². The van der Waals surface area contributed by atoms with E-state index < -0.39 is 0 Å². The highest BCUT2D eigenvalue weighted by Crippen LogP contribution is 2.44. The van der Waals surface area contributed by atoms with Crippen LogP contribution in [-0.4, -0.2) is 40.8 Å². The number of hydrogen-bond donors (Lipinski definition) is 3. The maximum atomic E-state index is 13.2. The minimum Gasteiger partial charge on any atom is -0.357 e. The zero-order valence-electron chi connectivity index (χ0n) is 18.5. The topological polar surface area (TPSA) is 90.1 Å². The molecule has 31 heavy (non-hydrogen) atoms. The molecule has 1 aromatic carbocycles. The predicted octanol–water partition coefficient (Wildman–Crippen LogP) is 3.42. The predicted molar refractivity (Wildman–Crippen MR) is 122 cm³/mol. The van der Waals surface area contributed by atoms with Gasteiger partial charge >= 0.3 is 0 Å². The van der Waals surface area contributed by atoms with E-state index in [9.17, 15) is 9.59 Å². The molecule has 1 aliphatic carbocycles. The number of imidazole rings is 1. The summed E-state index contributed by atoms with van der Waals surface area (Å²) in [6.07, 6.45) is 6.21. The fourth-order valence-corrected chi connectivity index (χ4v) is 4.74. The standard InChI is InChI=1S/C24H31N5O2/c1-4-19-23-18(11-24(2,3)12-21(23)30)28-17-7-5-6-8-20(17)29(19)14-22(31)26-10-9-16-13-25-15-27-16/h5-8,13,15,19,28H,4,9-12,14H2,1-3H3,(H,25,27)(H,26,31)/t19-/m0/s1. The third-order valence-electron chi connectivity index (χ3n) is 6.10. The molecule has 2 aromatic rings. The number of amides is 1. The summed E-state index contributed by atoms with van der Waals surface area (Å²) in [6, 6.07) is 7.88. The average molecular weight is 422 g/mol. The van der Waals surface area contributed by atoms with Crippen LogP contribution in [0, 0.1) is 5.41 Å². The molecule has 1 amide bonds. The van der Waals surface area contributed by atoms with Gasteiger partial charge in [-0.15, -0.1) is 0 Å². The Morgan fingerprint density at radius 1 is 1.29 bits per heavy atom. The van der Waals surface area contributed by atoms with Gasteiger partial charge in [-0.25, -0.2) is 4.98 Å². The summed E-state index contributed by atoms with van der Waals surface area (Å²) in [5, 5.41) is 6.56. The highest BCUT2D eigenvalue weighted by molar-refractivity contribution is 6.01. The van der Waals surface area contributed by atoms with Crippen LogP contribution in [0.25, 0.3) is 0 Å². The van der Waals surface area contributed by atoms with Gasteiger partial charge in [-0.2, -0.15) is 0 Å². The molecule has 2 heterocycles. The van der Waals surface area contributed by atoms with Crippen molar-refractivity contribution in [3.05, 3.63) is 53.8 Å². The monoisotopic (exact) mass is 421 g/mol. The van der Waals surface area contributed by atoms with Crippen molar-refractivity contribution in [2.45, 2.75) is 52.5 Å². The van der Waals surface area contributed by atoms with Crippen molar-refractivity contribution in [3.8, 4) is 0 Å².